The van der Waals surface area contributed by atoms with Crippen LogP contribution in [0.25, 0.3) is 0 Å². The maximum Gasteiger partial charge on any atom is 0.433 e. The van der Waals surface area contributed by atoms with Crippen molar-refractivity contribution in [2.75, 3.05) is 5.73 Å². The molecule has 0 aliphatic carbocycles. The van der Waals surface area contributed by atoms with Gasteiger partial charge in [0.05, 0.1) is 12.5 Å². The smallest absolute Gasteiger partial charge is 0.433 e. The number of nitrogens with two attached hydrogens (primary N) is 1. The van der Waals surface area contributed by atoms with Crippen molar-refractivity contribution >= 4 is 11.9 Å². The van der Waals surface area contributed by atoms with Gasteiger partial charge in [0, 0.05) is 11.8 Å². The van der Waals surface area contributed by atoms with Gasteiger partial charge in [-0.3, -0.25) is 4.79 Å². The van der Waals surface area contributed by atoms with Crippen LogP contribution >= 0.6 is 0 Å². The van der Waals surface area contributed by atoms with E-state index in [1.807, 2.05) is 0 Å². The van der Waals surface area contributed by atoms with E-state index in [1.54, 1.807) is 0 Å². The Balaban J connectivity index is 3.16. The van der Waals surface area contributed by atoms with Crippen molar-refractivity contribution < 1.29 is 33.3 Å². The van der Waals surface area contributed by atoms with E-state index >= 15 is 0 Å². The van der Waals surface area contributed by atoms with Crippen LogP contribution in [0, 0.1) is 0 Å². The van der Waals surface area contributed by atoms with E-state index in [4.69, 9.17) is 10.8 Å². The second-order valence-corrected chi connectivity index (χ2v) is 3.64. The molecule has 0 radical (unpaired) electrons. The lowest BCUT2D eigenvalue weighted by atomic mass is 10.0. The minimum atomic E-state index is -4.92. The number of hydrogen-bond acceptors (Lipinski definition) is 6. The van der Waals surface area contributed by atoms with Gasteiger partial charge in [-0.25, -0.2) is 9.97 Å². The molecule has 0 amide bonds. The standard InChI is InChI=1S/C9H10F3N3O4/c10-9(11,12)7-3(2-14-8(13)15-7)6(19)4(16)1-5(17)18/h2,4,6,16,19H,1H2,(H,17,18)(H2,13,14,15). The molecule has 7 nitrogen and oxygen atoms in total. The summed E-state index contributed by atoms with van der Waals surface area (Å²) >= 11 is 0. The molecule has 1 heterocycles. The fraction of sp³-hybridized carbons (Fsp3) is 0.444. The zero-order valence-corrected chi connectivity index (χ0v) is 9.29. The summed E-state index contributed by atoms with van der Waals surface area (Å²) in [6, 6.07) is 0. The summed E-state index contributed by atoms with van der Waals surface area (Å²) < 4.78 is 38.0. The van der Waals surface area contributed by atoms with Crippen molar-refractivity contribution in [3.63, 3.8) is 0 Å². The predicted octanol–water partition coefficient (Wildman–Crippen LogP) is -0.0534. The van der Waals surface area contributed by atoms with Gasteiger partial charge >= 0.3 is 12.1 Å². The Bertz CT molecular complexity index is 480. The summed E-state index contributed by atoms with van der Waals surface area (Å²) in [7, 11) is 0. The molecule has 0 saturated heterocycles. The maximum absolute atomic E-state index is 12.7. The Morgan fingerprint density at radius 1 is 1.42 bits per heavy atom. The Morgan fingerprint density at radius 3 is 2.47 bits per heavy atom. The topological polar surface area (TPSA) is 130 Å². The molecule has 1 aromatic heterocycles. The second-order valence-electron chi connectivity index (χ2n) is 3.64. The fourth-order valence-corrected chi connectivity index (χ4v) is 1.35. The van der Waals surface area contributed by atoms with Crippen LogP contribution < -0.4 is 5.73 Å². The molecule has 0 aromatic carbocycles. The minimum Gasteiger partial charge on any atom is -0.481 e. The highest BCUT2D eigenvalue weighted by Gasteiger charge is 2.39. The molecule has 19 heavy (non-hydrogen) atoms. The number of alkyl halides is 3. The summed E-state index contributed by atoms with van der Waals surface area (Å²) in [5.41, 5.74) is 2.67. The normalized spacial score (nSPS) is 15.0. The SMILES string of the molecule is Nc1ncc(C(O)C(O)CC(=O)O)c(C(F)(F)F)n1. The van der Waals surface area contributed by atoms with Gasteiger partial charge < -0.3 is 21.1 Å². The highest BCUT2D eigenvalue weighted by molar-refractivity contribution is 5.67. The molecule has 0 aliphatic heterocycles. The Kier molecular flexibility index (Phi) is 4.27. The first kappa shape index (κ1) is 15.1. The number of carboxylic acids is 1. The summed E-state index contributed by atoms with van der Waals surface area (Å²) in [5, 5.41) is 27.3. The average Bonchev–Trinajstić information content (AvgIpc) is 2.25. The third-order valence-corrected chi connectivity index (χ3v) is 2.17. The third kappa shape index (κ3) is 3.76. The minimum absolute atomic E-state index is 0.598. The molecular weight excluding hydrogens is 271 g/mol. The van der Waals surface area contributed by atoms with Crippen molar-refractivity contribution in [2.24, 2.45) is 0 Å². The molecule has 2 atom stereocenters. The molecule has 0 aliphatic rings. The highest BCUT2D eigenvalue weighted by atomic mass is 19.4. The van der Waals surface area contributed by atoms with Gasteiger partial charge in [0.15, 0.2) is 5.69 Å². The molecule has 0 fully saturated rings. The van der Waals surface area contributed by atoms with Crippen molar-refractivity contribution in [3.8, 4) is 0 Å². The van der Waals surface area contributed by atoms with Gasteiger partial charge in [-0.2, -0.15) is 13.2 Å². The van der Waals surface area contributed by atoms with Crippen LogP contribution in [0.5, 0.6) is 0 Å². The lowest BCUT2D eigenvalue weighted by Gasteiger charge is -2.19. The third-order valence-electron chi connectivity index (χ3n) is 2.17. The highest BCUT2D eigenvalue weighted by Crippen LogP contribution is 2.34. The fourth-order valence-electron chi connectivity index (χ4n) is 1.35. The summed E-state index contributed by atoms with van der Waals surface area (Å²) in [6.45, 7) is 0. The molecular formula is C9H10F3N3O4. The summed E-state index contributed by atoms with van der Waals surface area (Å²) in [5.74, 6) is -2.13. The molecule has 10 heteroatoms. The molecule has 1 rings (SSSR count). The summed E-state index contributed by atoms with van der Waals surface area (Å²) in [4.78, 5) is 16.6. The molecule has 2 unspecified atom stereocenters. The van der Waals surface area contributed by atoms with Gasteiger partial charge in [-0.1, -0.05) is 0 Å². The van der Waals surface area contributed by atoms with E-state index in [-0.39, 0.29) is 0 Å². The van der Waals surface area contributed by atoms with Gasteiger partial charge in [0.25, 0.3) is 0 Å². The number of anilines is 1. The Labute approximate surface area is 104 Å². The number of aromatic nitrogens is 2. The largest absolute Gasteiger partial charge is 0.481 e. The Morgan fingerprint density at radius 2 is 2.00 bits per heavy atom. The Hall–Kier alpha value is -1.94. The van der Waals surface area contributed by atoms with Crippen LogP contribution in [0.4, 0.5) is 19.1 Å². The number of rotatable bonds is 4. The first-order valence-corrected chi connectivity index (χ1v) is 4.90. The van der Waals surface area contributed by atoms with Crippen LogP contribution in [-0.4, -0.2) is 37.4 Å². The van der Waals surface area contributed by atoms with Crippen molar-refractivity contribution in [1.29, 1.82) is 0 Å². The van der Waals surface area contributed by atoms with Crippen molar-refractivity contribution in [1.82, 2.24) is 9.97 Å². The number of carboxylic acid groups (broad SMARTS) is 1. The number of carbonyl (C=O) groups is 1. The summed E-state index contributed by atoms with van der Waals surface area (Å²) in [6.07, 6.45) is -9.26. The van der Waals surface area contributed by atoms with E-state index in [9.17, 15) is 28.2 Å². The number of aliphatic hydroxyl groups is 2. The van der Waals surface area contributed by atoms with E-state index in [0.29, 0.717) is 6.20 Å². The maximum atomic E-state index is 12.7. The van der Waals surface area contributed by atoms with Crippen LogP contribution in [-0.2, 0) is 11.0 Å². The molecule has 106 valence electrons. The number of aliphatic carboxylic acids is 1. The quantitative estimate of drug-likeness (QED) is 0.608. The number of halogens is 3. The number of hydrogen-bond donors (Lipinski definition) is 4. The molecule has 0 spiro atoms. The van der Waals surface area contributed by atoms with Crippen LogP contribution in [0.1, 0.15) is 23.8 Å². The second kappa shape index (κ2) is 5.36. The van der Waals surface area contributed by atoms with E-state index in [1.165, 1.54) is 0 Å². The number of nitrogens with zero attached hydrogens (tertiary/aromatic N) is 2. The van der Waals surface area contributed by atoms with Crippen LogP contribution in [0.15, 0.2) is 6.20 Å². The number of aliphatic hydroxyl groups excluding tert-OH is 2. The van der Waals surface area contributed by atoms with Crippen LogP contribution in [0.2, 0.25) is 0 Å². The van der Waals surface area contributed by atoms with Gasteiger partial charge in [0.2, 0.25) is 5.95 Å². The van der Waals surface area contributed by atoms with Gasteiger partial charge in [-0.15, -0.1) is 0 Å². The first-order valence-electron chi connectivity index (χ1n) is 4.90. The van der Waals surface area contributed by atoms with Gasteiger partial charge in [-0.05, 0) is 0 Å². The molecule has 0 bridgehead atoms. The predicted molar refractivity (Wildman–Crippen MR) is 54.7 cm³/mol. The zero-order chi connectivity index (χ0) is 14.8. The average molecular weight is 281 g/mol. The van der Waals surface area contributed by atoms with Crippen molar-refractivity contribution in [2.45, 2.75) is 24.8 Å². The zero-order valence-electron chi connectivity index (χ0n) is 9.29. The van der Waals surface area contributed by atoms with Crippen LogP contribution in [0.3, 0.4) is 0 Å². The molecule has 5 N–H and O–H groups in total. The van der Waals surface area contributed by atoms with Gasteiger partial charge in [0.1, 0.15) is 6.10 Å². The van der Waals surface area contributed by atoms with Crippen molar-refractivity contribution in [3.05, 3.63) is 17.5 Å². The lowest BCUT2D eigenvalue weighted by Crippen LogP contribution is -2.25. The first-order chi connectivity index (χ1) is 8.62. The molecule has 0 saturated carbocycles. The molecule has 1 aromatic rings. The monoisotopic (exact) mass is 281 g/mol. The lowest BCUT2D eigenvalue weighted by molar-refractivity contribution is -0.144. The van der Waals surface area contributed by atoms with E-state index in [0.717, 1.165) is 0 Å². The van der Waals surface area contributed by atoms with E-state index < -0.39 is 48.0 Å². The number of nitrogen functional groups attached to an aromatic ring is 1. The van der Waals surface area contributed by atoms with E-state index in [2.05, 4.69) is 9.97 Å².